The van der Waals surface area contributed by atoms with Crippen LogP contribution in [0.5, 0.6) is 0 Å². The Bertz CT molecular complexity index is 455. The number of rotatable bonds is 6. The molecule has 8 heteroatoms. The van der Waals surface area contributed by atoms with Crippen LogP contribution in [-0.4, -0.2) is 40.9 Å². The zero-order valence-electron chi connectivity index (χ0n) is 9.73. The molecule has 0 N–H and O–H groups in total. The third-order valence-electron chi connectivity index (χ3n) is 2.32. The number of nitrogens with zero attached hydrogens (tertiary/aromatic N) is 3. The first-order valence-corrected chi connectivity index (χ1v) is 8.12. The van der Waals surface area contributed by atoms with E-state index in [0.29, 0.717) is 13.1 Å². The van der Waals surface area contributed by atoms with Crippen LogP contribution >= 0.6 is 27.5 Å². The van der Waals surface area contributed by atoms with Crippen molar-refractivity contribution in [3.05, 3.63) is 11.2 Å². The first-order chi connectivity index (χ1) is 7.95. The van der Waals surface area contributed by atoms with Gasteiger partial charge in [0.2, 0.25) is 0 Å². The molecule has 1 aromatic heterocycles. The number of hydrogen-bond donors (Lipinski definition) is 0. The number of aryl methyl sites for hydroxylation is 1. The molecule has 0 fully saturated rings. The summed E-state index contributed by atoms with van der Waals surface area (Å²) in [5.74, 6) is 0. The molecule has 1 heterocycles. The second-order valence-corrected chi connectivity index (χ2v) is 6.51. The summed E-state index contributed by atoms with van der Waals surface area (Å²) >= 11 is 9.15. The molecule has 0 atom stereocenters. The standard InChI is InChI=1S/C9H15BrClN3O2S/c1-3-14(6-4-5-10)17(15,16)9-8(11)7-12-13(9)2/h7H,3-6H2,1-2H3. The van der Waals surface area contributed by atoms with Crippen LogP contribution in [0, 0.1) is 0 Å². The Labute approximate surface area is 115 Å². The van der Waals surface area contributed by atoms with Crippen LogP contribution in [0.4, 0.5) is 0 Å². The van der Waals surface area contributed by atoms with Gasteiger partial charge in [0, 0.05) is 25.5 Å². The number of hydrogen-bond acceptors (Lipinski definition) is 3. The van der Waals surface area contributed by atoms with Crippen molar-refractivity contribution in [2.75, 3.05) is 18.4 Å². The van der Waals surface area contributed by atoms with Crippen LogP contribution in [-0.2, 0) is 17.1 Å². The van der Waals surface area contributed by atoms with E-state index in [0.717, 1.165) is 11.8 Å². The third-order valence-corrected chi connectivity index (χ3v) is 5.36. The molecule has 1 aromatic rings. The first kappa shape index (κ1) is 14.9. The smallest absolute Gasteiger partial charge is 0.255 e. The molecule has 0 aliphatic heterocycles. The second kappa shape index (κ2) is 6.17. The van der Waals surface area contributed by atoms with Crippen molar-refractivity contribution in [1.29, 1.82) is 0 Å². The lowest BCUT2D eigenvalue weighted by Gasteiger charge is -2.20. The number of sulfonamides is 1. The molecule has 5 nitrogen and oxygen atoms in total. The summed E-state index contributed by atoms with van der Waals surface area (Å²) < 4.78 is 27.4. The monoisotopic (exact) mass is 343 g/mol. The van der Waals surface area contributed by atoms with E-state index < -0.39 is 10.0 Å². The van der Waals surface area contributed by atoms with Crippen LogP contribution < -0.4 is 0 Å². The molecule has 0 aromatic carbocycles. The highest BCUT2D eigenvalue weighted by atomic mass is 79.9. The fourth-order valence-corrected chi connectivity index (χ4v) is 3.84. The predicted octanol–water partition coefficient (Wildman–Crippen LogP) is 1.87. The van der Waals surface area contributed by atoms with Gasteiger partial charge in [-0.1, -0.05) is 34.5 Å². The maximum Gasteiger partial charge on any atom is 0.261 e. The minimum atomic E-state index is -3.56. The van der Waals surface area contributed by atoms with Crippen molar-refractivity contribution in [2.24, 2.45) is 7.05 Å². The fraction of sp³-hybridized carbons (Fsp3) is 0.667. The van der Waals surface area contributed by atoms with E-state index in [2.05, 4.69) is 21.0 Å². The van der Waals surface area contributed by atoms with Crippen molar-refractivity contribution >= 4 is 37.6 Å². The van der Waals surface area contributed by atoms with E-state index in [-0.39, 0.29) is 10.0 Å². The van der Waals surface area contributed by atoms with E-state index in [1.54, 1.807) is 14.0 Å². The lowest BCUT2D eigenvalue weighted by molar-refractivity contribution is 0.422. The van der Waals surface area contributed by atoms with Gasteiger partial charge >= 0.3 is 0 Å². The van der Waals surface area contributed by atoms with E-state index in [1.165, 1.54) is 15.2 Å². The van der Waals surface area contributed by atoms with Gasteiger partial charge in [-0.05, 0) is 6.42 Å². The topological polar surface area (TPSA) is 55.2 Å². The summed E-state index contributed by atoms with van der Waals surface area (Å²) in [5, 5.41) is 4.82. The van der Waals surface area contributed by atoms with Gasteiger partial charge in [0.15, 0.2) is 5.03 Å². The van der Waals surface area contributed by atoms with Crippen LogP contribution in [0.3, 0.4) is 0 Å². The fourth-order valence-electron chi connectivity index (χ4n) is 1.50. The van der Waals surface area contributed by atoms with Crippen LogP contribution in [0.1, 0.15) is 13.3 Å². The van der Waals surface area contributed by atoms with Gasteiger partial charge in [0.25, 0.3) is 10.0 Å². The van der Waals surface area contributed by atoms with Gasteiger partial charge in [0.1, 0.15) is 0 Å². The molecule has 0 spiro atoms. The maximum absolute atomic E-state index is 12.3. The first-order valence-electron chi connectivity index (χ1n) is 5.18. The van der Waals surface area contributed by atoms with E-state index in [1.807, 2.05) is 0 Å². The van der Waals surface area contributed by atoms with Gasteiger partial charge in [-0.3, -0.25) is 4.68 Å². The Morgan fingerprint density at radius 2 is 2.24 bits per heavy atom. The molecule has 98 valence electrons. The Kier molecular flexibility index (Phi) is 5.43. The molecule has 0 unspecified atom stereocenters. The molecule has 0 saturated carbocycles. The molecule has 1 rings (SSSR count). The highest BCUT2D eigenvalue weighted by Gasteiger charge is 2.28. The van der Waals surface area contributed by atoms with Gasteiger partial charge in [-0.2, -0.15) is 9.40 Å². The van der Waals surface area contributed by atoms with Crippen molar-refractivity contribution in [2.45, 2.75) is 18.4 Å². The number of halogens is 2. The van der Waals surface area contributed by atoms with Crippen molar-refractivity contribution in [3.63, 3.8) is 0 Å². The predicted molar refractivity (Wildman–Crippen MR) is 71.1 cm³/mol. The molecule has 0 aliphatic carbocycles. The molecule has 0 aliphatic rings. The molecule has 0 radical (unpaired) electrons. The lowest BCUT2D eigenvalue weighted by atomic mass is 10.5. The largest absolute Gasteiger partial charge is 0.261 e. The SMILES string of the molecule is CCN(CCCBr)S(=O)(=O)c1c(Cl)cnn1C. The molecule has 0 bridgehead atoms. The second-order valence-electron chi connectivity index (χ2n) is 3.46. The zero-order valence-corrected chi connectivity index (χ0v) is 12.9. The quantitative estimate of drug-likeness (QED) is 0.740. The Hall–Kier alpha value is -0.110. The van der Waals surface area contributed by atoms with Crippen LogP contribution in [0.15, 0.2) is 11.2 Å². The number of alkyl halides is 1. The Balaban J connectivity index is 3.09. The Morgan fingerprint density at radius 3 is 2.65 bits per heavy atom. The normalized spacial score (nSPS) is 12.3. The van der Waals surface area contributed by atoms with E-state index >= 15 is 0 Å². The van der Waals surface area contributed by atoms with Crippen LogP contribution in [0.2, 0.25) is 5.02 Å². The molecular weight excluding hydrogens is 330 g/mol. The average molecular weight is 345 g/mol. The van der Waals surface area contributed by atoms with E-state index in [9.17, 15) is 8.42 Å². The van der Waals surface area contributed by atoms with Crippen molar-refractivity contribution in [1.82, 2.24) is 14.1 Å². The Morgan fingerprint density at radius 1 is 1.59 bits per heavy atom. The molecule has 0 saturated heterocycles. The summed E-state index contributed by atoms with van der Waals surface area (Å²) in [6, 6.07) is 0. The summed E-state index contributed by atoms with van der Waals surface area (Å²) in [6.45, 7) is 2.68. The van der Waals surface area contributed by atoms with Crippen molar-refractivity contribution in [3.8, 4) is 0 Å². The van der Waals surface area contributed by atoms with Gasteiger partial charge in [-0.15, -0.1) is 0 Å². The maximum atomic E-state index is 12.3. The highest BCUT2D eigenvalue weighted by Crippen LogP contribution is 2.23. The van der Waals surface area contributed by atoms with Crippen molar-refractivity contribution < 1.29 is 8.42 Å². The zero-order chi connectivity index (χ0) is 13.1. The molecule has 0 amide bonds. The summed E-state index contributed by atoms with van der Waals surface area (Å²) in [6.07, 6.45) is 2.09. The van der Waals surface area contributed by atoms with E-state index in [4.69, 9.17) is 11.6 Å². The third kappa shape index (κ3) is 3.21. The van der Waals surface area contributed by atoms with Gasteiger partial charge in [-0.25, -0.2) is 8.42 Å². The van der Waals surface area contributed by atoms with Gasteiger partial charge in [0.05, 0.1) is 11.2 Å². The number of aromatic nitrogens is 2. The summed E-state index contributed by atoms with van der Waals surface area (Å²) in [4.78, 5) is 0. The molecule has 17 heavy (non-hydrogen) atoms. The summed E-state index contributed by atoms with van der Waals surface area (Å²) in [7, 11) is -1.99. The lowest BCUT2D eigenvalue weighted by Crippen LogP contribution is -2.33. The van der Waals surface area contributed by atoms with Gasteiger partial charge < -0.3 is 0 Å². The summed E-state index contributed by atoms with van der Waals surface area (Å²) in [5.41, 5.74) is 0. The highest BCUT2D eigenvalue weighted by molar-refractivity contribution is 9.09. The molecular formula is C9H15BrClN3O2S. The minimum absolute atomic E-state index is 0.0515. The average Bonchev–Trinajstić information content (AvgIpc) is 2.59. The van der Waals surface area contributed by atoms with Crippen LogP contribution in [0.25, 0.3) is 0 Å². The minimum Gasteiger partial charge on any atom is -0.255 e.